The van der Waals surface area contributed by atoms with Crippen molar-refractivity contribution in [2.75, 3.05) is 18.8 Å². The summed E-state index contributed by atoms with van der Waals surface area (Å²) in [6, 6.07) is 0. The Kier molecular flexibility index (Phi) is 4.49. The van der Waals surface area contributed by atoms with Gasteiger partial charge in [-0.05, 0) is 48.7 Å². The van der Waals surface area contributed by atoms with E-state index in [4.69, 9.17) is 10.5 Å². The van der Waals surface area contributed by atoms with Crippen LogP contribution in [0.2, 0.25) is 0 Å². The molecular formula is C17H22BrN5O2. The molecule has 3 heterocycles. The van der Waals surface area contributed by atoms with Crippen LogP contribution in [0.5, 0.6) is 0 Å². The van der Waals surface area contributed by atoms with Crippen LogP contribution in [-0.4, -0.2) is 44.2 Å². The molecule has 1 aliphatic rings. The van der Waals surface area contributed by atoms with Crippen molar-refractivity contribution in [2.45, 2.75) is 32.8 Å². The van der Waals surface area contributed by atoms with Crippen LogP contribution in [0.3, 0.4) is 0 Å². The summed E-state index contributed by atoms with van der Waals surface area (Å²) in [4.78, 5) is 22.3. The van der Waals surface area contributed by atoms with Gasteiger partial charge in [-0.15, -0.1) is 0 Å². The number of nitrogen functional groups attached to an aromatic ring is 1. The lowest BCUT2D eigenvalue weighted by Gasteiger charge is -2.29. The summed E-state index contributed by atoms with van der Waals surface area (Å²) in [5.74, 6) is 0.450. The predicted molar refractivity (Wildman–Crippen MR) is 101 cm³/mol. The van der Waals surface area contributed by atoms with Crippen LogP contribution in [0, 0.1) is 0 Å². The zero-order valence-electron chi connectivity index (χ0n) is 14.8. The van der Waals surface area contributed by atoms with E-state index in [0.29, 0.717) is 18.9 Å². The number of aryl methyl sites for hydroxylation is 1. The van der Waals surface area contributed by atoms with Crippen molar-refractivity contribution in [1.29, 1.82) is 0 Å². The summed E-state index contributed by atoms with van der Waals surface area (Å²) in [5, 5.41) is 0.815. The molecule has 1 aliphatic heterocycles. The lowest BCUT2D eigenvalue weighted by molar-refractivity contribution is 0.0270. The highest BCUT2D eigenvalue weighted by Crippen LogP contribution is 2.37. The third kappa shape index (κ3) is 3.35. The van der Waals surface area contributed by atoms with Gasteiger partial charge in [-0.3, -0.25) is 0 Å². The van der Waals surface area contributed by atoms with Crippen molar-refractivity contribution >= 4 is 44.4 Å². The Morgan fingerprint density at radius 2 is 2.08 bits per heavy atom. The Labute approximate surface area is 155 Å². The molecule has 0 aliphatic carbocycles. The molecule has 25 heavy (non-hydrogen) atoms. The predicted octanol–water partition coefficient (Wildman–Crippen LogP) is 3.34. The fraction of sp³-hybridized carbons (Fsp3) is 0.471. The summed E-state index contributed by atoms with van der Waals surface area (Å²) < 4.78 is 8.33. The van der Waals surface area contributed by atoms with E-state index in [2.05, 4.69) is 32.0 Å². The highest BCUT2D eigenvalue weighted by Gasteiger charge is 2.26. The van der Waals surface area contributed by atoms with E-state index < -0.39 is 5.60 Å². The van der Waals surface area contributed by atoms with Crippen molar-refractivity contribution in [1.82, 2.24) is 19.4 Å². The molecule has 0 saturated carbocycles. The number of rotatable bonds is 1. The van der Waals surface area contributed by atoms with Gasteiger partial charge < -0.3 is 19.9 Å². The number of carbonyl (C=O) groups excluding carboxylic acids is 1. The molecule has 3 rings (SSSR count). The van der Waals surface area contributed by atoms with Gasteiger partial charge >= 0.3 is 6.09 Å². The van der Waals surface area contributed by atoms with Crippen LogP contribution in [0.1, 0.15) is 32.9 Å². The van der Waals surface area contributed by atoms with Crippen LogP contribution in [0.25, 0.3) is 16.6 Å². The molecule has 0 fully saturated rings. The van der Waals surface area contributed by atoms with E-state index in [9.17, 15) is 4.79 Å². The molecule has 0 unspecified atom stereocenters. The zero-order valence-corrected chi connectivity index (χ0v) is 16.4. The molecular weight excluding hydrogens is 386 g/mol. The van der Waals surface area contributed by atoms with E-state index in [1.54, 1.807) is 4.90 Å². The van der Waals surface area contributed by atoms with E-state index >= 15 is 0 Å². The molecule has 0 radical (unpaired) electrons. The lowest BCUT2D eigenvalue weighted by Crippen LogP contribution is -2.39. The van der Waals surface area contributed by atoms with Crippen molar-refractivity contribution in [3.8, 4) is 0 Å². The maximum Gasteiger partial charge on any atom is 0.410 e. The standard InChI is InChI=1S/C17H22BrN5O2/c1-17(2,3)25-16(24)23-7-5-10(6-8-23)13-12(18)11-14(19)20-9-21-15(11)22(13)4/h5,9H,6-8H2,1-4H3,(H2,19,20,21). The van der Waals surface area contributed by atoms with E-state index in [1.165, 1.54) is 6.33 Å². The minimum Gasteiger partial charge on any atom is -0.444 e. The summed E-state index contributed by atoms with van der Waals surface area (Å²) in [7, 11) is 1.95. The number of hydrogen-bond donors (Lipinski definition) is 1. The van der Waals surface area contributed by atoms with Crippen LogP contribution in [0.4, 0.5) is 10.6 Å². The van der Waals surface area contributed by atoms with Gasteiger partial charge in [0.25, 0.3) is 0 Å². The van der Waals surface area contributed by atoms with Crippen molar-refractivity contribution < 1.29 is 9.53 Å². The molecule has 2 aromatic rings. The topological polar surface area (TPSA) is 86.3 Å². The zero-order chi connectivity index (χ0) is 18.4. The maximum atomic E-state index is 12.2. The number of carbonyl (C=O) groups is 1. The largest absolute Gasteiger partial charge is 0.444 e. The average molecular weight is 408 g/mol. The van der Waals surface area contributed by atoms with Gasteiger partial charge in [0.2, 0.25) is 0 Å². The van der Waals surface area contributed by atoms with Crippen LogP contribution in [-0.2, 0) is 11.8 Å². The second kappa shape index (κ2) is 6.33. The molecule has 0 aromatic carbocycles. The Bertz CT molecular complexity index is 866. The SMILES string of the molecule is Cn1c(C2=CCN(C(=O)OC(C)(C)C)CC2)c(Br)c2c(N)ncnc21. The smallest absolute Gasteiger partial charge is 0.410 e. The van der Waals surface area contributed by atoms with Crippen LogP contribution in [0.15, 0.2) is 16.9 Å². The molecule has 0 spiro atoms. The Morgan fingerprint density at radius 3 is 2.64 bits per heavy atom. The molecule has 0 bridgehead atoms. The van der Waals surface area contributed by atoms with Gasteiger partial charge in [-0.2, -0.15) is 0 Å². The number of nitrogens with zero attached hydrogens (tertiary/aromatic N) is 4. The van der Waals surface area contributed by atoms with Crippen molar-refractivity contribution in [3.63, 3.8) is 0 Å². The van der Waals surface area contributed by atoms with Crippen molar-refractivity contribution in [2.24, 2.45) is 7.05 Å². The highest BCUT2D eigenvalue weighted by atomic mass is 79.9. The fourth-order valence-corrected chi connectivity index (χ4v) is 3.86. The lowest BCUT2D eigenvalue weighted by atomic mass is 10.0. The highest BCUT2D eigenvalue weighted by molar-refractivity contribution is 9.10. The third-order valence-electron chi connectivity index (χ3n) is 4.10. The Balaban J connectivity index is 1.89. The third-order valence-corrected chi connectivity index (χ3v) is 4.87. The first-order valence-electron chi connectivity index (χ1n) is 8.10. The van der Waals surface area contributed by atoms with Crippen LogP contribution < -0.4 is 5.73 Å². The summed E-state index contributed by atoms with van der Waals surface area (Å²) in [6.07, 6.45) is 3.97. The summed E-state index contributed by atoms with van der Waals surface area (Å²) >= 11 is 3.65. The molecule has 2 aromatic heterocycles. The first kappa shape index (κ1) is 17.7. The fourth-order valence-electron chi connectivity index (χ4n) is 2.96. The summed E-state index contributed by atoms with van der Waals surface area (Å²) in [5.41, 5.74) is 8.46. The number of halogens is 1. The van der Waals surface area contributed by atoms with Crippen LogP contribution >= 0.6 is 15.9 Å². The van der Waals surface area contributed by atoms with Gasteiger partial charge in [0.05, 0.1) is 15.6 Å². The average Bonchev–Trinajstić information content (AvgIpc) is 2.78. The monoisotopic (exact) mass is 407 g/mol. The number of nitrogens with two attached hydrogens (primary N) is 1. The maximum absolute atomic E-state index is 12.2. The molecule has 0 atom stereocenters. The van der Waals surface area contributed by atoms with E-state index in [0.717, 1.165) is 33.2 Å². The number of fused-ring (bicyclic) bond motifs is 1. The second-order valence-electron chi connectivity index (χ2n) is 7.08. The number of amides is 1. The molecule has 2 N–H and O–H groups in total. The number of ether oxygens (including phenoxy) is 1. The number of anilines is 1. The second-order valence-corrected chi connectivity index (χ2v) is 7.88. The minimum absolute atomic E-state index is 0.283. The van der Waals surface area contributed by atoms with Crippen molar-refractivity contribution in [3.05, 3.63) is 22.6 Å². The van der Waals surface area contributed by atoms with E-state index in [1.807, 2.05) is 32.4 Å². The van der Waals surface area contributed by atoms with Gasteiger partial charge in [-0.25, -0.2) is 14.8 Å². The quantitative estimate of drug-likeness (QED) is 0.782. The Morgan fingerprint density at radius 1 is 1.36 bits per heavy atom. The molecule has 1 amide bonds. The number of hydrogen-bond acceptors (Lipinski definition) is 5. The molecule has 0 saturated heterocycles. The normalized spacial score (nSPS) is 15.4. The molecule has 7 nitrogen and oxygen atoms in total. The van der Waals surface area contributed by atoms with Gasteiger partial charge in [0.1, 0.15) is 23.4 Å². The van der Waals surface area contributed by atoms with E-state index in [-0.39, 0.29) is 6.09 Å². The van der Waals surface area contributed by atoms with Gasteiger partial charge in [0, 0.05) is 20.1 Å². The first-order chi connectivity index (χ1) is 11.7. The van der Waals surface area contributed by atoms with Gasteiger partial charge in [-0.1, -0.05) is 6.08 Å². The minimum atomic E-state index is -0.490. The Hall–Kier alpha value is -2.09. The summed E-state index contributed by atoms with van der Waals surface area (Å²) in [6.45, 7) is 6.73. The first-order valence-corrected chi connectivity index (χ1v) is 8.90. The van der Waals surface area contributed by atoms with Gasteiger partial charge in [0.15, 0.2) is 0 Å². The molecule has 134 valence electrons. The molecule has 8 heteroatoms. The number of aromatic nitrogens is 3.